The van der Waals surface area contributed by atoms with E-state index in [0.29, 0.717) is 61.8 Å². The Labute approximate surface area is 152 Å². The van der Waals surface area contributed by atoms with Gasteiger partial charge < -0.3 is 15.0 Å². The van der Waals surface area contributed by atoms with Crippen LogP contribution < -0.4 is 5.32 Å². The Morgan fingerprint density at radius 2 is 1.77 bits per heavy atom. The van der Waals surface area contributed by atoms with Crippen molar-refractivity contribution in [2.45, 2.75) is 20.3 Å². The van der Waals surface area contributed by atoms with Crippen molar-refractivity contribution in [1.82, 2.24) is 9.80 Å². The van der Waals surface area contributed by atoms with E-state index in [2.05, 4.69) is 5.32 Å². The minimum atomic E-state index is -0.259. The van der Waals surface area contributed by atoms with Crippen LogP contribution in [0.15, 0.2) is 30.0 Å². The summed E-state index contributed by atoms with van der Waals surface area (Å²) in [4.78, 5) is 40.3. The lowest BCUT2D eigenvalue weighted by molar-refractivity contribution is -0.137. The van der Waals surface area contributed by atoms with E-state index in [1.165, 1.54) is 11.8 Å². The highest BCUT2D eigenvalue weighted by molar-refractivity contribution is 6.35. The van der Waals surface area contributed by atoms with Gasteiger partial charge in [-0.15, -0.1) is 0 Å². The molecular formula is C19H23N3O4. The van der Waals surface area contributed by atoms with Crippen molar-refractivity contribution < 1.29 is 19.1 Å². The molecule has 1 saturated heterocycles. The normalized spacial score (nSPS) is 17.9. The Bertz CT molecular complexity index is 749. The molecule has 138 valence electrons. The van der Waals surface area contributed by atoms with E-state index in [1.54, 1.807) is 24.3 Å². The summed E-state index contributed by atoms with van der Waals surface area (Å²) in [5.41, 5.74) is 2.22. The topological polar surface area (TPSA) is 79.0 Å². The van der Waals surface area contributed by atoms with E-state index in [-0.39, 0.29) is 17.7 Å². The molecule has 0 aliphatic carbocycles. The first-order valence-corrected chi connectivity index (χ1v) is 8.84. The van der Waals surface area contributed by atoms with Gasteiger partial charge in [0.25, 0.3) is 11.8 Å². The third kappa shape index (κ3) is 3.48. The Morgan fingerprint density at radius 3 is 2.35 bits per heavy atom. The second-order valence-electron chi connectivity index (χ2n) is 6.34. The fourth-order valence-electron chi connectivity index (χ4n) is 3.25. The molecule has 7 heteroatoms. The average molecular weight is 357 g/mol. The molecule has 0 aromatic heterocycles. The highest BCUT2D eigenvalue weighted by Crippen LogP contribution is 2.32. The van der Waals surface area contributed by atoms with Crippen LogP contribution in [0.2, 0.25) is 0 Å². The molecule has 0 bridgehead atoms. The monoisotopic (exact) mass is 357 g/mol. The van der Waals surface area contributed by atoms with Crippen molar-refractivity contribution in [3.63, 3.8) is 0 Å². The van der Waals surface area contributed by atoms with E-state index in [4.69, 9.17) is 4.74 Å². The Hall–Kier alpha value is -2.67. The van der Waals surface area contributed by atoms with Crippen molar-refractivity contribution in [1.29, 1.82) is 0 Å². The van der Waals surface area contributed by atoms with Gasteiger partial charge in [-0.2, -0.15) is 0 Å². The van der Waals surface area contributed by atoms with E-state index in [9.17, 15) is 14.4 Å². The number of hydrogen-bond donors (Lipinski definition) is 1. The van der Waals surface area contributed by atoms with Crippen LogP contribution in [0.25, 0.3) is 5.57 Å². The van der Waals surface area contributed by atoms with E-state index < -0.39 is 0 Å². The van der Waals surface area contributed by atoms with Crippen LogP contribution in [0, 0.1) is 0 Å². The highest BCUT2D eigenvalue weighted by Gasteiger charge is 2.41. The summed E-state index contributed by atoms with van der Waals surface area (Å²) in [6.07, 6.45) is 0.711. The van der Waals surface area contributed by atoms with Crippen LogP contribution >= 0.6 is 0 Å². The Kier molecular flexibility index (Phi) is 5.37. The third-order valence-corrected chi connectivity index (χ3v) is 4.41. The second kappa shape index (κ2) is 7.70. The molecular weight excluding hydrogens is 334 g/mol. The molecule has 1 fully saturated rings. The summed E-state index contributed by atoms with van der Waals surface area (Å²) in [5.74, 6) is -0.655. The van der Waals surface area contributed by atoms with Crippen molar-refractivity contribution in [2.24, 2.45) is 0 Å². The number of nitrogens with one attached hydrogen (secondary N) is 1. The zero-order valence-electron chi connectivity index (χ0n) is 15.1. The number of hydrogen-bond acceptors (Lipinski definition) is 5. The number of amides is 3. The molecule has 0 saturated carbocycles. The van der Waals surface area contributed by atoms with Gasteiger partial charge >= 0.3 is 0 Å². The Morgan fingerprint density at radius 1 is 1.12 bits per heavy atom. The molecule has 2 heterocycles. The largest absolute Gasteiger partial charge is 0.378 e. The maximum atomic E-state index is 12.9. The first kappa shape index (κ1) is 18.1. The zero-order chi connectivity index (χ0) is 18.7. The fourth-order valence-corrected chi connectivity index (χ4v) is 3.25. The van der Waals surface area contributed by atoms with Crippen molar-refractivity contribution in [2.75, 3.05) is 38.2 Å². The number of rotatable bonds is 5. The van der Waals surface area contributed by atoms with E-state index in [1.807, 2.05) is 11.8 Å². The summed E-state index contributed by atoms with van der Waals surface area (Å²) in [5, 5.41) is 2.70. The molecule has 3 rings (SSSR count). The fraction of sp³-hybridized carbons (Fsp3) is 0.421. The number of nitrogens with zero attached hydrogens (tertiary/aromatic N) is 2. The number of ether oxygens (including phenoxy) is 1. The molecule has 1 aromatic carbocycles. The van der Waals surface area contributed by atoms with Crippen LogP contribution in [0.4, 0.5) is 5.69 Å². The minimum absolute atomic E-state index is 0.160. The minimum Gasteiger partial charge on any atom is -0.378 e. The van der Waals surface area contributed by atoms with Gasteiger partial charge in [-0.05, 0) is 24.1 Å². The van der Waals surface area contributed by atoms with Gasteiger partial charge in [0.2, 0.25) is 5.91 Å². The maximum absolute atomic E-state index is 12.9. The number of carbonyl (C=O) groups excluding carboxylic acids is 3. The maximum Gasteiger partial charge on any atom is 0.277 e. The van der Waals surface area contributed by atoms with Crippen LogP contribution in [0.3, 0.4) is 0 Å². The predicted octanol–water partition coefficient (Wildman–Crippen LogP) is 1.47. The molecule has 7 nitrogen and oxygen atoms in total. The van der Waals surface area contributed by atoms with Crippen LogP contribution in [0.1, 0.15) is 25.8 Å². The summed E-state index contributed by atoms with van der Waals surface area (Å²) in [7, 11) is 0. The molecule has 3 amide bonds. The van der Waals surface area contributed by atoms with Crippen LogP contribution in [-0.4, -0.2) is 60.4 Å². The second-order valence-corrected chi connectivity index (χ2v) is 6.34. The number of anilines is 1. The molecule has 2 aliphatic heterocycles. The standard InChI is InChI=1S/C19H23N3O4/c1-3-8-22-18(24)16(14-4-6-15(7-5-14)20-13(2)23)17(19(22)25)21-9-11-26-12-10-21/h4-7H,3,8-12H2,1-2H3,(H,20,23). The van der Waals surface area contributed by atoms with Crippen LogP contribution in [0.5, 0.6) is 0 Å². The van der Waals surface area contributed by atoms with Gasteiger partial charge in [0.1, 0.15) is 5.70 Å². The van der Waals surface area contributed by atoms with E-state index in [0.717, 1.165) is 0 Å². The number of benzene rings is 1. The number of imide groups is 1. The molecule has 0 radical (unpaired) electrons. The smallest absolute Gasteiger partial charge is 0.277 e. The summed E-state index contributed by atoms with van der Waals surface area (Å²) in [6.45, 7) is 6.02. The summed E-state index contributed by atoms with van der Waals surface area (Å²) in [6, 6.07) is 7.01. The predicted molar refractivity (Wildman–Crippen MR) is 97.1 cm³/mol. The van der Waals surface area contributed by atoms with Gasteiger partial charge in [-0.25, -0.2) is 0 Å². The lowest BCUT2D eigenvalue weighted by Crippen LogP contribution is -2.40. The van der Waals surface area contributed by atoms with Crippen LogP contribution in [-0.2, 0) is 19.1 Å². The van der Waals surface area contributed by atoms with Gasteiger partial charge in [0, 0.05) is 32.2 Å². The summed E-state index contributed by atoms with van der Waals surface area (Å²) >= 11 is 0. The van der Waals surface area contributed by atoms with Gasteiger partial charge in [0.05, 0.1) is 18.8 Å². The molecule has 0 unspecified atom stereocenters. The number of morpholine rings is 1. The molecule has 2 aliphatic rings. The van der Waals surface area contributed by atoms with Gasteiger partial charge in [0.15, 0.2) is 0 Å². The molecule has 1 aromatic rings. The molecule has 0 spiro atoms. The quantitative estimate of drug-likeness (QED) is 0.808. The van der Waals surface area contributed by atoms with Crippen molar-refractivity contribution >= 4 is 29.0 Å². The molecule has 0 atom stereocenters. The lowest BCUT2D eigenvalue weighted by Gasteiger charge is -2.29. The first-order valence-electron chi connectivity index (χ1n) is 8.84. The average Bonchev–Trinajstić information content (AvgIpc) is 2.88. The lowest BCUT2D eigenvalue weighted by atomic mass is 10.0. The van der Waals surface area contributed by atoms with Crippen molar-refractivity contribution in [3.8, 4) is 0 Å². The zero-order valence-corrected chi connectivity index (χ0v) is 15.1. The number of carbonyl (C=O) groups is 3. The third-order valence-electron chi connectivity index (χ3n) is 4.41. The first-order chi connectivity index (χ1) is 12.5. The Balaban J connectivity index is 2.00. The molecule has 1 N–H and O–H groups in total. The highest BCUT2D eigenvalue weighted by atomic mass is 16.5. The summed E-state index contributed by atoms with van der Waals surface area (Å²) < 4.78 is 5.38. The molecule has 26 heavy (non-hydrogen) atoms. The van der Waals surface area contributed by atoms with E-state index >= 15 is 0 Å². The van der Waals surface area contributed by atoms with Crippen molar-refractivity contribution in [3.05, 3.63) is 35.5 Å². The van der Waals surface area contributed by atoms with Gasteiger partial charge in [-0.1, -0.05) is 19.1 Å². The van der Waals surface area contributed by atoms with Gasteiger partial charge in [-0.3, -0.25) is 19.3 Å². The SMILES string of the molecule is CCCN1C(=O)C(c2ccc(NC(C)=O)cc2)=C(N2CCOCC2)C1=O.